The summed E-state index contributed by atoms with van der Waals surface area (Å²) in [6.45, 7) is 7.56. The number of hydrogen-bond donors (Lipinski definition) is 1. The van der Waals surface area contributed by atoms with Crippen LogP contribution in [0.25, 0.3) is 16.6 Å². The Morgan fingerprint density at radius 1 is 0.970 bits per heavy atom. The van der Waals surface area contributed by atoms with Crippen molar-refractivity contribution in [2.45, 2.75) is 25.4 Å². The molecule has 0 saturated carbocycles. The van der Waals surface area contributed by atoms with Crippen LogP contribution in [0.3, 0.4) is 0 Å². The highest BCUT2D eigenvalue weighted by molar-refractivity contribution is 5.85. The summed E-state index contributed by atoms with van der Waals surface area (Å²) in [5.74, 6) is 0.471. The summed E-state index contributed by atoms with van der Waals surface area (Å²) in [6.07, 6.45) is 8.50. The van der Waals surface area contributed by atoms with E-state index in [4.69, 9.17) is 0 Å². The van der Waals surface area contributed by atoms with Gasteiger partial charge in [0.15, 0.2) is 0 Å². The van der Waals surface area contributed by atoms with E-state index in [-0.39, 0.29) is 0 Å². The van der Waals surface area contributed by atoms with Crippen molar-refractivity contribution < 1.29 is 4.39 Å². The molecule has 0 aliphatic carbocycles. The molecule has 0 unspecified atom stereocenters. The number of fused-ring (bicyclic) bond motifs is 1. The fourth-order valence-electron chi connectivity index (χ4n) is 4.75. The summed E-state index contributed by atoms with van der Waals surface area (Å²) in [6, 6.07) is 10.3. The number of aromatic amines is 1. The minimum atomic E-state index is -0.898. The molecule has 2 atom stereocenters. The van der Waals surface area contributed by atoms with Crippen molar-refractivity contribution in [3.63, 3.8) is 0 Å². The largest absolute Gasteiger partial charge is 0.361 e. The zero-order valence-corrected chi connectivity index (χ0v) is 18.9. The van der Waals surface area contributed by atoms with Gasteiger partial charge in [-0.05, 0) is 47.4 Å². The molecule has 4 heterocycles. The van der Waals surface area contributed by atoms with E-state index >= 15 is 4.39 Å². The zero-order chi connectivity index (χ0) is 22.6. The monoisotopic (exact) mass is 447 g/mol. The summed E-state index contributed by atoms with van der Waals surface area (Å²) >= 11 is 0. The van der Waals surface area contributed by atoms with Gasteiger partial charge < -0.3 is 9.88 Å². The molecule has 0 radical (unpaired) electrons. The van der Waals surface area contributed by atoms with E-state index in [0.717, 1.165) is 54.9 Å². The van der Waals surface area contributed by atoms with E-state index in [0.29, 0.717) is 18.9 Å². The maximum absolute atomic E-state index is 15.1. The molecule has 8 heteroatoms. The van der Waals surface area contributed by atoms with Gasteiger partial charge in [-0.25, -0.2) is 4.39 Å². The summed E-state index contributed by atoms with van der Waals surface area (Å²) in [5.41, 5.74) is 4.33. The third-order valence-corrected chi connectivity index (χ3v) is 6.64. The molecular weight excluding hydrogens is 417 g/mol. The van der Waals surface area contributed by atoms with Gasteiger partial charge in [0.05, 0.1) is 0 Å². The number of halogens is 1. The number of hydrogen-bond acceptors (Lipinski definition) is 5. The van der Waals surface area contributed by atoms with E-state index < -0.39 is 6.17 Å². The highest BCUT2D eigenvalue weighted by atomic mass is 19.1. The molecule has 5 rings (SSSR count). The van der Waals surface area contributed by atoms with Gasteiger partial charge in [-0.2, -0.15) is 0 Å². The Kier molecular flexibility index (Phi) is 6.46. The van der Waals surface area contributed by atoms with Crippen LogP contribution in [-0.2, 0) is 6.42 Å². The number of nitrogens with zero attached hydrogens (tertiary/aromatic N) is 6. The van der Waals surface area contributed by atoms with Gasteiger partial charge in [0, 0.05) is 80.9 Å². The second kappa shape index (κ2) is 9.80. The highest BCUT2D eigenvalue weighted by Gasteiger charge is 2.22. The van der Waals surface area contributed by atoms with Gasteiger partial charge in [0.1, 0.15) is 18.8 Å². The second-order valence-electron chi connectivity index (χ2n) is 9.00. The minimum Gasteiger partial charge on any atom is -0.361 e. The predicted octanol–water partition coefficient (Wildman–Crippen LogP) is 3.45. The lowest BCUT2D eigenvalue weighted by atomic mass is 10.0. The molecule has 3 aromatic heterocycles. The average Bonchev–Trinajstić information content (AvgIpc) is 3.51. The van der Waals surface area contributed by atoms with Gasteiger partial charge in [0.2, 0.25) is 0 Å². The molecule has 172 valence electrons. The van der Waals surface area contributed by atoms with E-state index in [9.17, 15) is 0 Å². The molecule has 1 aliphatic rings. The lowest BCUT2D eigenvalue weighted by Crippen LogP contribution is -2.49. The number of rotatable bonds is 8. The van der Waals surface area contributed by atoms with Gasteiger partial charge in [-0.1, -0.05) is 6.92 Å². The molecule has 1 saturated heterocycles. The van der Waals surface area contributed by atoms with E-state index in [1.54, 1.807) is 12.7 Å². The van der Waals surface area contributed by atoms with Crippen molar-refractivity contribution in [1.82, 2.24) is 34.5 Å². The van der Waals surface area contributed by atoms with Crippen molar-refractivity contribution in [2.75, 3.05) is 39.3 Å². The maximum Gasteiger partial charge on any atom is 0.123 e. The quantitative estimate of drug-likeness (QED) is 0.448. The Balaban J connectivity index is 1.14. The highest BCUT2D eigenvalue weighted by Crippen LogP contribution is 2.24. The Bertz CT molecular complexity index is 1150. The van der Waals surface area contributed by atoms with Gasteiger partial charge in [-0.3, -0.25) is 14.5 Å². The Morgan fingerprint density at radius 3 is 2.39 bits per heavy atom. The summed E-state index contributed by atoms with van der Waals surface area (Å²) in [7, 11) is 0. The normalized spacial score (nSPS) is 17.4. The first-order valence-electron chi connectivity index (χ1n) is 11.6. The van der Waals surface area contributed by atoms with Crippen LogP contribution in [-0.4, -0.2) is 80.0 Å². The van der Waals surface area contributed by atoms with E-state index in [2.05, 4.69) is 55.1 Å². The Morgan fingerprint density at radius 2 is 1.67 bits per heavy atom. The third-order valence-electron chi connectivity index (χ3n) is 6.64. The first-order chi connectivity index (χ1) is 16.2. The van der Waals surface area contributed by atoms with Gasteiger partial charge in [0.25, 0.3) is 0 Å². The SMILES string of the molecule is C[C@@H](CN1CCN(C[C@@H](F)Cc2c[nH]c3ccc(-n4cnnc4)cc23)CC1)c1ccncc1. The first kappa shape index (κ1) is 21.7. The number of H-pyrrole nitrogens is 1. The first-order valence-corrected chi connectivity index (χ1v) is 11.6. The molecule has 1 aromatic carbocycles. The fraction of sp³-hybridized carbons (Fsp3) is 0.400. The molecule has 1 fully saturated rings. The minimum absolute atomic E-state index is 0.408. The van der Waals surface area contributed by atoms with Crippen LogP contribution < -0.4 is 0 Å². The standard InChI is InChI=1S/C25H30FN7/c1-19(20-4-6-27-7-5-20)15-31-8-10-32(11-9-31)16-22(26)12-21-14-28-25-3-2-23(13-24(21)25)33-17-29-30-18-33/h2-7,13-14,17-19,22,28H,8-12,15-16H2,1H3/t19-,22-/m0/s1. The van der Waals surface area contributed by atoms with Crippen molar-refractivity contribution in [2.24, 2.45) is 0 Å². The zero-order valence-electron chi connectivity index (χ0n) is 18.9. The van der Waals surface area contributed by atoms with E-state index in [1.807, 2.05) is 35.3 Å². The lowest BCUT2D eigenvalue weighted by molar-refractivity contribution is 0.104. The Labute approximate surface area is 193 Å². The smallest absolute Gasteiger partial charge is 0.123 e. The number of pyridine rings is 1. The number of benzene rings is 1. The third kappa shape index (κ3) is 5.12. The molecule has 33 heavy (non-hydrogen) atoms. The molecule has 1 N–H and O–H groups in total. The fourth-order valence-corrected chi connectivity index (χ4v) is 4.75. The topological polar surface area (TPSA) is 65.9 Å². The van der Waals surface area contributed by atoms with Crippen molar-refractivity contribution in [1.29, 1.82) is 0 Å². The summed E-state index contributed by atoms with van der Waals surface area (Å²) in [4.78, 5) is 12.1. The van der Waals surface area contributed by atoms with Crippen LogP contribution in [0.5, 0.6) is 0 Å². The molecular formula is C25H30FN7. The van der Waals surface area contributed by atoms with Crippen LogP contribution in [0.4, 0.5) is 4.39 Å². The Hall–Kier alpha value is -3.10. The molecule has 0 spiro atoms. The van der Waals surface area contributed by atoms with Crippen LogP contribution >= 0.6 is 0 Å². The lowest BCUT2D eigenvalue weighted by Gasteiger charge is -2.36. The molecule has 1 aliphatic heterocycles. The molecule has 7 nitrogen and oxygen atoms in total. The van der Waals surface area contributed by atoms with Gasteiger partial charge >= 0.3 is 0 Å². The predicted molar refractivity (Wildman–Crippen MR) is 127 cm³/mol. The number of piperazine rings is 1. The number of aromatic nitrogens is 5. The molecule has 0 amide bonds. The average molecular weight is 448 g/mol. The van der Waals surface area contributed by atoms with Crippen LogP contribution in [0.15, 0.2) is 61.6 Å². The van der Waals surface area contributed by atoms with Crippen molar-refractivity contribution >= 4 is 10.9 Å². The molecule has 0 bridgehead atoms. The van der Waals surface area contributed by atoms with Crippen LogP contribution in [0.2, 0.25) is 0 Å². The van der Waals surface area contributed by atoms with Crippen LogP contribution in [0.1, 0.15) is 24.0 Å². The summed E-state index contributed by atoms with van der Waals surface area (Å²) in [5, 5.41) is 8.80. The van der Waals surface area contributed by atoms with Gasteiger partial charge in [-0.15, -0.1) is 10.2 Å². The number of alkyl halides is 1. The van der Waals surface area contributed by atoms with Crippen molar-refractivity contribution in [3.8, 4) is 5.69 Å². The summed E-state index contributed by atoms with van der Waals surface area (Å²) < 4.78 is 16.9. The van der Waals surface area contributed by atoms with Crippen molar-refractivity contribution in [3.05, 3.63) is 72.7 Å². The number of nitrogens with one attached hydrogen (secondary N) is 1. The maximum atomic E-state index is 15.1. The van der Waals surface area contributed by atoms with Crippen LogP contribution in [0, 0.1) is 0 Å². The second-order valence-corrected chi connectivity index (χ2v) is 9.00. The molecule has 4 aromatic rings. The van der Waals surface area contributed by atoms with E-state index in [1.165, 1.54) is 5.56 Å².